The standard InChI is InChI=1S/C17H17FN6/c18-13-8-6-12(7-9-13)10-20-16-15(19)17(22-11-21-16)24-23-14-4-2-1-3-5-14/h1-9,11,23H,10,19H2,(H2,20,21,22,24). The van der Waals surface area contributed by atoms with Crippen LogP contribution in [0.5, 0.6) is 0 Å². The lowest BCUT2D eigenvalue weighted by Crippen LogP contribution is -2.14. The number of nitrogens with two attached hydrogens (primary N) is 1. The Labute approximate surface area is 138 Å². The van der Waals surface area contributed by atoms with Gasteiger partial charge in [0.05, 0.1) is 5.69 Å². The lowest BCUT2D eigenvalue weighted by molar-refractivity contribution is 0.627. The molecule has 0 unspecified atom stereocenters. The number of para-hydroxylation sites is 1. The molecule has 6 nitrogen and oxygen atoms in total. The molecule has 3 aromatic rings. The van der Waals surface area contributed by atoms with Gasteiger partial charge in [-0.25, -0.2) is 14.4 Å². The maximum atomic E-state index is 12.9. The summed E-state index contributed by atoms with van der Waals surface area (Å²) in [6, 6.07) is 15.8. The van der Waals surface area contributed by atoms with Crippen molar-refractivity contribution < 1.29 is 4.39 Å². The largest absolute Gasteiger partial charge is 0.393 e. The van der Waals surface area contributed by atoms with Gasteiger partial charge in [-0.05, 0) is 29.8 Å². The highest BCUT2D eigenvalue weighted by Gasteiger charge is 2.07. The molecule has 1 heterocycles. The summed E-state index contributed by atoms with van der Waals surface area (Å²) in [6.07, 6.45) is 1.42. The van der Waals surface area contributed by atoms with E-state index in [1.807, 2.05) is 30.3 Å². The maximum Gasteiger partial charge on any atom is 0.173 e. The molecule has 0 fully saturated rings. The van der Waals surface area contributed by atoms with Crippen molar-refractivity contribution in [1.29, 1.82) is 0 Å². The normalized spacial score (nSPS) is 10.2. The van der Waals surface area contributed by atoms with E-state index in [9.17, 15) is 4.39 Å². The van der Waals surface area contributed by atoms with Crippen LogP contribution in [-0.2, 0) is 6.54 Å². The number of anilines is 4. The number of nitrogens with one attached hydrogen (secondary N) is 3. The summed E-state index contributed by atoms with van der Waals surface area (Å²) in [5, 5.41) is 3.12. The second-order valence-corrected chi connectivity index (χ2v) is 5.08. The molecule has 3 rings (SSSR count). The molecule has 24 heavy (non-hydrogen) atoms. The van der Waals surface area contributed by atoms with Gasteiger partial charge in [-0.3, -0.25) is 10.9 Å². The predicted octanol–water partition coefficient (Wildman–Crippen LogP) is 3.25. The van der Waals surface area contributed by atoms with Gasteiger partial charge in [-0.1, -0.05) is 30.3 Å². The third-order valence-electron chi connectivity index (χ3n) is 3.36. The van der Waals surface area contributed by atoms with E-state index in [0.29, 0.717) is 23.9 Å². The van der Waals surface area contributed by atoms with Gasteiger partial charge in [-0.2, -0.15) is 0 Å². The third-order valence-corrected chi connectivity index (χ3v) is 3.36. The van der Waals surface area contributed by atoms with E-state index in [1.165, 1.54) is 18.5 Å². The smallest absolute Gasteiger partial charge is 0.173 e. The molecular formula is C17H17FN6. The summed E-state index contributed by atoms with van der Waals surface area (Å²) in [5.41, 5.74) is 14.3. The SMILES string of the molecule is Nc1c(NCc2ccc(F)cc2)ncnc1NNc1ccccc1. The van der Waals surface area contributed by atoms with Gasteiger partial charge >= 0.3 is 0 Å². The summed E-state index contributed by atoms with van der Waals surface area (Å²) >= 11 is 0. The maximum absolute atomic E-state index is 12.9. The Bertz CT molecular complexity index is 792. The fourth-order valence-electron chi connectivity index (χ4n) is 2.08. The Morgan fingerprint density at radius 2 is 1.58 bits per heavy atom. The second-order valence-electron chi connectivity index (χ2n) is 5.08. The first-order valence-electron chi connectivity index (χ1n) is 7.38. The fourth-order valence-corrected chi connectivity index (χ4v) is 2.08. The lowest BCUT2D eigenvalue weighted by atomic mass is 10.2. The quantitative estimate of drug-likeness (QED) is 0.521. The molecular weight excluding hydrogens is 307 g/mol. The summed E-state index contributed by atoms with van der Waals surface area (Å²) in [4.78, 5) is 8.26. The molecule has 0 amide bonds. The molecule has 7 heteroatoms. The average molecular weight is 324 g/mol. The van der Waals surface area contributed by atoms with Crippen molar-refractivity contribution in [2.45, 2.75) is 6.54 Å². The minimum absolute atomic E-state index is 0.265. The number of rotatable bonds is 6. The molecule has 0 aliphatic heterocycles. The minimum Gasteiger partial charge on any atom is -0.393 e. The zero-order valence-corrected chi connectivity index (χ0v) is 12.8. The number of nitrogen functional groups attached to an aromatic ring is 1. The molecule has 0 saturated carbocycles. The van der Waals surface area contributed by atoms with Crippen LogP contribution in [0.1, 0.15) is 5.56 Å². The number of aromatic nitrogens is 2. The Morgan fingerprint density at radius 1 is 0.875 bits per heavy atom. The van der Waals surface area contributed by atoms with Gasteiger partial charge in [-0.15, -0.1) is 0 Å². The molecule has 2 aromatic carbocycles. The Morgan fingerprint density at radius 3 is 2.33 bits per heavy atom. The zero-order chi connectivity index (χ0) is 16.8. The van der Waals surface area contributed by atoms with Crippen molar-refractivity contribution >= 4 is 23.0 Å². The first-order valence-corrected chi connectivity index (χ1v) is 7.38. The van der Waals surface area contributed by atoms with E-state index < -0.39 is 0 Å². The van der Waals surface area contributed by atoms with Crippen molar-refractivity contribution in [2.75, 3.05) is 21.9 Å². The molecule has 5 N–H and O–H groups in total. The highest BCUT2D eigenvalue weighted by atomic mass is 19.1. The second kappa shape index (κ2) is 7.28. The van der Waals surface area contributed by atoms with E-state index >= 15 is 0 Å². The molecule has 0 radical (unpaired) electrons. The van der Waals surface area contributed by atoms with E-state index in [1.54, 1.807) is 12.1 Å². The van der Waals surface area contributed by atoms with Crippen LogP contribution in [0.15, 0.2) is 60.9 Å². The van der Waals surface area contributed by atoms with Gasteiger partial charge in [0, 0.05) is 6.54 Å². The molecule has 0 aliphatic carbocycles. The zero-order valence-electron chi connectivity index (χ0n) is 12.8. The molecule has 0 atom stereocenters. The molecule has 1 aromatic heterocycles. The molecule has 0 bridgehead atoms. The monoisotopic (exact) mass is 324 g/mol. The number of hydrogen-bond donors (Lipinski definition) is 4. The van der Waals surface area contributed by atoms with Crippen molar-refractivity contribution in [3.05, 3.63) is 72.3 Å². The number of nitrogens with zero attached hydrogens (tertiary/aromatic N) is 2. The highest BCUT2D eigenvalue weighted by Crippen LogP contribution is 2.23. The Hall–Kier alpha value is -3.35. The van der Waals surface area contributed by atoms with Gasteiger partial charge in [0.15, 0.2) is 11.6 Å². The number of hydrogen-bond acceptors (Lipinski definition) is 6. The minimum atomic E-state index is -0.265. The molecule has 0 spiro atoms. The van der Waals surface area contributed by atoms with Crippen molar-refractivity contribution in [3.8, 4) is 0 Å². The Kier molecular flexibility index (Phi) is 4.71. The molecule has 0 saturated heterocycles. The number of benzene rings is 2. The van der Waals surface area contributed by atoms with Crippen LogP contribution < -0.4 is 21.9 Å². The molecule has 0 aliphatic rings. The predicted molar refractivity (Wildman–Crippen MR) is 93.9 cm³/mol. The highest BCUT2D eigenvalue weighted by molar-refractivity contribution is 5.74. The van der Waals surface area contributed by atoms with E-state index in [2.05, 4.69) is 26.1 Å². The first kappa shape index (κ1) is 15.5. The number of hydrazine groups is 1. The van der Waals surface area contributed by atoms with Crippen LogP contribution in [0.2, 0.25) is 0 Å². The lowest BCUT2D eigenvalue weighted by Gasteiger charge is -2.13. The van der Waals surface area contributed by atoms with Crippen LogP contribution in [0.3, 0.4) is 0 Å². The summed E-state index contributed by atoms with van der Waals surface area (Å²) < 4.78 is 12.9. The van der Waals surface area contributed by atoms with E-state index in [4.69, 9.17) is 5.73 Å². The average Bonchev–Trinajstić information content (AvgIpc) is 2.62. The van der Waals surface area contributed by atoms with Crippen molar-refractivity contribution in [2.24, 2.45) is 0 Å². The van der Waals surface area contributed by atoms with Crippen LogP contribution in [0.4, 0.5) is 27.4 Å². The van der Waals surface area contributed by atoms with Crippen molar-refractivity contribution in [3.63, 3.8) is 0 Å². The third kappa shape index (κ3) is 3.89. The Balaban J connectivity index is 1.65. The van der Waals surface area contributed by atoms with Gasteiger partial charge in [0.25, 0.3) is 0 Å². The van der Waals surface area contributed by atoms with E-state index in [0.717, 1.165) is 11.3 Å². The van der Waals surface area contributed by atoms with Crippen LogP contribution in [-0.4, -0.2) is 9.97 Å². The van der Waals surface area contributed by atoms with Crippen molar-refractivity contribution in [1.82, 2.24) is 9.97 Å². The number of halogens is 1. The topological polar surface area (TPSA) is 87.9 Å². The summed E-state index contributed by atoms with van der Waals surface area (Å²) in [7, 11) is 0. The fraction of sp³-hybridized carbons (Fsp3) is 0.0588. The van der Waals surface area contributed by atoms with Crippen LogP contribution in [0, 0.1) is 5.82 Å². The molecule has 122 valence electrons. The van der Waals surface area contributed by atoms with Gasteiger partial charge in [0.2, 0.25) is 0 Å². The van der Waals surface area contributed by atoms with Crippen LogP contribution >= 0.6 is 0 Å². The van der Waals surface area contributed by atoms with E-state index in [-0.39, 0.29) is 5.82 Å². The first-order chi connectivity index (χ1) is 11.7. The summed E-state index contributed by atoms with van der Waals surface area (Å²) in [6.45, 7) is 0.479. The van der Waals surface area contributed by atoms with Gasteiger partial charge in [0.1, 0.15) is 17.8 Å². The van der Waals surface area contributed by atoms with Gasteiger partial charge < -0.3 is 11.1 Å². The summed E-state index contributed by atoms with van der Waals surface area (Å²) in [5.74, 6) is 0.709. The van der Waals surface area contributed by atoms with Crippen LogP contribution in [0.25, 0.3) is 0 Å².